The van der Waals surface area contributed by atoms with Crippen LogP contribution in [0.5, 0.6) is 5.75 Å². The second kappa shape index (κ2) is 9.94. The minimum atomic E-state index is -0.124. The van der Waals surface area contributed by atoms with Crippen LogP contribution >= 0.6 is 0 Å². The molecule has 2 aliphatic rings. The summed E-state index contributed by atoms with van der Waals surface area (Å²) in [6.07, 6.45) is 7.53. The quantitative estimate of drug-likeness (QED) is 0.733. The van der Waals surface area contributed by atoms with Crippen molar-refractivity contribution in [3.63, 3.8) is 0 Å². The van der Waals surface area contributed by atoms with Gasteiger partial charge in [0.05, 0.1) is 24.0 Å². The first-order valence-electron chi connectivity index (χ1n) is 10.7. The lowest BCUT2D eigenvalue weighted by Crippen LogP contribution is -2.40. The van der Waals surface area contributed by atoms with Crippen molar-refractivity contribution in [3.8, 4) is 5.75 Å². The van der Waals surface area contributed by atoms with Crippen molar-refractivity contribution in [2.24, 2.45) is 0 Å². The SMILES string of the molecule is O=C(NC[C@H](c1ccco1)N1CCCCC1)c1ccccc1OC[C@@H]1CCCO1. The molecule has 0 unspecified atom stereocenters. The van der Waals surface area contributed by atoms with Gasteiger partial charge in [0.15, 0.2) is 0 Å². The number of likely N-dealkylation sites (tertiary alicyclic amines) is 1. The predicted octanol–water partition coefficient (Wildman–Crippen LogP) is 3.79. The van der Waals surface area contributed by atoms with E-state index in [0.29, 0.717) is 24.5 Å². The third-order valence-electron chi connectivity index (χ3n) is 5.74. The van der Waals surface area contributed by atoms with Gasteiger partial charge in [-0.3, -0.25) is 9.69 Å². The fourth-order valence-electron chi connectivity index (χ4n) is 4.14. The number of carbonyl (C=O) groups excluding carboxylic acids is 1. The Hall–Kier alpha value is -2.31. The summed E-state index contributed by atoms with van der Waals surface area (Å²) in [5, 5.41) is 3.10. The summed E-state index contributed by atoms with van der Waals surface area (Å²) in [7, 11) is 0. The first-order chi connectivity index (χ1) is 14.3. The minimum absolute atomic E-state index is 0.0502. The molecule has 2 atom stereocenters. The zero-order valence-corrected chi connectivity index (χ0v) is 16.8. The van der Waals surface area contributed by atoms with Gasteiger partial charge in [0.1, 0.15) is 18.1 Å². The van der Waals surface area contributed by atoms with Gasteiger partial charge < -0.3 is 19.2 Å². The number of hydrogen-bond donors (Lipinski definition) is 1. The maximum atomic E-state index is 12.9. The maximum Gasteiger partial charge on any atom is 0.255 e. The molecule has 1 N–H and O–H groups in total. The van der Waals surface area contributed by atoms with E-state index < -0.39 is 0 Å². The van der Waals surface area contributed by atoms with Crippen LogP contribution in [0.3, 0.4) is 0 Å². The van der Waals surface area contributed by atoms with Crippen LogP contribution < -0.4 is 10.1 Å². The highest BCUT2D eigenvalue weighted by molar-refractivity contribution is 5.96. The smallest absolute Gasteiger partial charge is 0.255 e. The maximum absolute atomic E-state index is 12.9. The number of furan rings is 1. The van der Waals surface area contributed by atoms with Gasteiger partial charge in [0.25, 0.3) is 5.91 Å². The molecule has 4 rings (SSSR count). The summed E-state index contributed by atoms with van der Waals surface area (Å²) in [5.41, 5.74) is 0.558. The highest BCUT2D eigenvalue weighted by Gasteiger charge is 2.25. The summed E-state index contributed by atoms with van der Waals surface area (Å²) >= 11 is 0. The highest BCUT2D eigenvalue weighted by Crippen LogP contribution is 2.25. The van der Waals surface area contributed by atoms with Crippen LogP contribution in [0.15, 0.2) is 47.1 Å². The molecule has 6 nitrogen and oxygen atoms in total. The largest absolute Gasteiger partial charge is 0.490 e. The molecule has 0 aliphatic carbocycles. The van der Waals surface area contributed by atoms with Crippen molar-refractivity contribution in [1.29, 1.82) is 0 Å². The Morgan fingerprint density at radius 3 is 2.76 bits per heavy atom. The molecule has 156 valence electrons. The number of benzene rings is 1. The van der Waals surface area contributed by atoms with E-state index in [1.54, 1.807) is 6.26 Å². The monoisotopic (exact) mass is 398 g/mol. The second-order valence-corrected chi connectivity index (χ2v) is 7.78. The lowest BCUT2D eigenvalue weighted by Gasteiger charge is -2.33. The molecule has 0 spiro atoms. The second-order valence-electron chi connectivity index (χ2n) is 7.78. The number of carbonyl (C=O) groups is 1. The number of ether oxygens (including phenoxy) is 2. The first-order valence-corrected chi connectivity index (χ1v) is 10.7. The number of amides is 1. The molecule has 1 aromatic heterocycles. The Morgan fingerprint density at radius 1 is 1.14 bits per heavy atom. The summed E-state index contributed by atoms with van der Waals surface area (Å²) < 4.78 is 17.2. The summed E-state index contributed by atoms with van der Waals surface area (Å²) in [6.45, 7) is 3.84. The van der Waals surface area contributed by atoms with Crippen molar-refractivity contribution < 1.29 is 18.7 Å². The van der Waals surface area contributed by atoms with Gasteiger partial charge in [-0.15, -0.1) is 0 Å². The van der Waals surface area contributed by atoms with Gasteiger partial charge in [0, 0.05) is 13.2 Å². The van der Waals surface area contributed by atoms with Crippen molar-refractivity contribution in [2.45, 2.75) is 44.2 Å². The molecule has 0 bridgehead atoms. The molecule has 1 amide bonds. The lowest BCUT2D eigenvalue weighted by atomic mass is 10.1. The Balaban J connectivity index is 1.40. The van der Waals surface area contributed by atoms with Crippen LogP contribution in [0.25, 0.3) is 0 Å². The van der Waals surface area contributed by atoms with Gasteiger partial charge in [-0.05, 0) is 63.0 Å². The third-order valence-corrected chi connectivity index (χ3v) is 5.74. The first kappa shape index (κ1) is 20.0. The van der Waals surface area contributed by atoms with Crippen molar-refractivity contribution in [1.82, 2.24) is 10.2 Å². The number of nitrogens with one attached hydrogen (secondary N) is 1. The predicted molar refractivity (Wildman–Crippen MR) is 110 cm³/mol. The standard InChI is InChI=1S/C23H30N2O4/c26-23(19-9-2-3-10-21(19)29-17-18-8-6-14-27-18)24-16-20(22-11-7-15-28-22)25-12-4-1-5-13-25/h2-3,7,9-11,15,18,20H,1,4-6,8,12-14,16-17H2,(H,24,26)/t18-,20+/m0/s1. The van der Waals surface area contributed by atoms with E-state index in [4.69, 9.17) is 13.9 Å². The number of rotatable bonds is 8. The number of para-hydroxylation sites is 1. The fourth-order valence-corrected chi connectivity index (χ4v) is 4.14. The summed E-state index contributed by atoms with van der Waals surface area (Å²) in [6, 6.07) is 11.4. The Kier molecular flexibility index (Phi) is 6.85. The Morgan fingerprint density at radius 2 is 2.00 bits per heavy atom. The van der Waals surface area contributed by atoms with Crippen LogP contribution in [0.4, 0.5) is 0 Å². The van der Waals surface area contributed by atoms with Gasteiger partial charge in [-0.1, -0.05) is 18.6 Å². The topological polar surface area (TPSA) is 63.9 Å². The van der Waals surface area contributed by atoms with Crippen LogP contribution in [-0.2, 0) is 4.74 Å². The molecule has 29 heavy (non-hydrogen) atoms. The van der Waals surface area contributed by atoms with Gasteiger partial charge in [-0.2, -0.15) is 0 Å². The van der Waals surface area contributed by atoms with E-state index in [0.717, 1.165) is 38.3 Å². The zero-order valence-electron chi connectivity index (χ0n) is 16.8. The summed E-state index contributed by atoms with van der Waals surface area (Å²) in [5.74, 6) is 1.38. The molecule has 2 fully saturated rings. The van der Waals surface area contributed by atoms with Crippen LogP contribution in [0.1, 0.15) is 54.3 Å². The van der Waals surface area contributed by atoms with Gasteiger partial charge in [-0.25, -0.2) is 0 Å². The number of nitrogens with zero attached hydrogens (tertiary/aromatic N) is 1. The normalized spacial score (nSPS) is 21.0. The average molecular weight is 399 g/mol. The molecule has 2 saturated heterocycles. The van der Waals surface area contributed by atoms with E-state index in [-0.39, 0.29) is 18.1 Å². The summed E-state index contributed by atoms with van der Waals surface area (Å²) in [4.78, 5) is 15.4. The number of piperidine rings is 1. The molecule has 0 radical (unpaired) electrons. The van der Waals surface area contributed by atoms with Crippen LogP contribution in [0.2, 0.25) is 0 Å². The van der Waals surface area contributed by atoms with E-state index in [9.17, 15) is 4.79 Å². The van der Waals surface area contributed by atoms with Crippen molar-refractivity contribution in [2.75, 3.05) is 32.8 Å². The van der Waals surface area contributed by atoms with E-state index in [1.807, 2.05) is 36.4 Å². The Labute approximate surface area is 172 Å². The van der Waals surface area contributed by atoms with Gasteiger partial charge >= 0.3 is 0 Å². The molecule has 0 saturated carbocycles. The van der Waals surface area contributed by atoms with E-state index in [2.05, 4.69) is 10.2 Å². The van der Waals surface area contributed by atoms with E-state index in [1.165, 1.54) is 19.3 Å². The molecular formula is C23H30N2O4. The van der Waals surface area contributed by atoms with Gasteiger partial charge in [0.2, 0.25) is 0 Å². The zero-order chi connectivity index (χ0) is 19.9. The molecule has 3 heterocycles. The molecule has 2 aliphatic heterocycles. The molecule has 1 aromatic carbocycles. The van der Waals surface area contributed by atoms with E-state index >= 15 is 0 Å². The van der Waals surface area contributed by atoms with Crippen molar-refractivity contribution >= 4 is 5.91 Å². The van der Waals surface area contributed by atoms with Crippen LogP contribution in [-0.4, -0.2) is 49.8 Å². The number of hydrogen-bond acceptors (Lipinski definition) is 5. The van der Waals surface area contributed by atoms with Crippen molar-refractivity contribution in [3.05, 3.63) is 54.0 Å². The fraction of sp³-hybridized carbons (Fsp3) is 0.522. The van der Waals surface area contributed by atoms with Crippen LogP contribution in [0, 0.1) is 0 Å². The average Bonchev–Trinajstić information content (AvgIpc) is 3.48. The molecule has 6 heteroatoms. The lowest BCUT2D eigenvalue weighted by molar-refractivity contribution is 0.0669. The molecular weight excluding hydrogens is 368 g/mol. The third kappa shape index (κ3) is 5.19. The molecule has 2 aromatic rings. The Bertz CT molecular complexity index is 765. The highest BCUT2D eigenvalue weighted by atomic mass is 16.5. The minimum Gasteiger partial charge on any atom is -0.490 e.